The van der Waals surface area contributed by atoms with Crippen molar-refractivity contribution in [2.45, 2.75) is 18.6 Å². The average molecular weight is 307 g/mol. The van der Waals surface area contributed by atoms with Crippen molar-refractivity contribution in [2.24, 2.45) is 7.05 Å². The zero-order valence-electron chi connectivity index (χ0n) is 11.7. The van der Waals surface area contributed by atoms with Gasteiger partial charge < -0.3 is 10.4 Å². The number of nitrogens with one attached hydrogen (secondary N) is 1. The molecule has 0 unspecified atom stereocenters. The third-order valence-corrected chi connectivity index (χ3v) is 3.64. The molecule has 1 fully saturated rings. The van der Waals surface area contributed by atoms with Crippen LogP contribution in [-0.2, 0) is 11.8 Å². The number of nitrogens with zero attached hydrogens (tertiary/aromatic N) is 4. The van der Waals surface area contributed by atoms with Gasteiger partial charge in [-0.1, -0.05) is 0 Å². The lowest BCUT2D eigenvalue weighted by Crippen LogP contribution is -2.42. The SMILES string of the molecule is Cn1nc(NC(=O)[C@@H]2C[C@@H](F)CN2C(=O)O)c2cccnc21. The van der Waals surface area contributed by atoms with E-state index in [1.54, 1.807) is 25.4 Å². The number of fused-ring (bicyclic) bond motifs is 1. The Morgan fingerprint density at radius 3 is 3.00 bits per heavy atom. The number of carboxylic acid groups (broad SMARTS) is 1. The van der Waals surface area contributed by atoms with Crippen LogP contribution in [0.2, 0.25) is 0 Å². The third-order valence-electron chi connectivity index (χ3n) is 3.64. The van der Waals surface area contributed by atoms with E-state index in [2.05, 4.69) is 15.4 Å². The van der Waals surface area contributed by atoms with Gasteiger partial charge in [-0.25, -0.2) is 18.9 Å². The largest absolute Gasteiger partial charge is 0.465 e. The van der Waals surface area contributed by atoms with Crippen molar-refractivity contribution in [3.8, 4) is 0 Å². The minimum absolute atomic E-state index is 0.152. The summed E-state index contributed by atoms with van der Waals surface area (Å²) in [6, 6.07) is 2.39. The summed E-state index contributed by atoms with van der Waals surface area (Å²) < 4.78 is 14.9. The molecule has 2 atom stereocenters. The van der Waals surface area contributed by atoms with Gasteiger partial charge in [0, 0.05) is 19.7 Å². The number of aryl methyl sites for hydroxylation is 1. The van der Waals surface area contributed by atoms with Crippen LogP contribution in [0.1, 0.15) is 6.42 Å². The fourth-order valence-corrected chi connectivity index (χ4v) is 2.63. The Morgan fingerprint density at radius 1 is 1.50 bits per heavy atom. The fourth-order valence-electron chi connectivity index (χ4n) is 2.63. The van der Waals surface area contributed by atoms with E-state index in [1.165, 1.54) is 4.68 Å². The van der Waals surface area contributed by atoms with E-state index in [9.17, 15) is 14.0 Å². The van der Waals surface area contributed by atoms with Crippen molar-refractivity contribution in [2.75, 3.05) is 11.9 Å². The van der Waals surface area contributed by atoms with Gasteiger partial charge in [0.25, 0.3) is 0 Å². The van der Waals surface area contributed by atoms with Gasteiger partial charge in [0.2, 0.25) is 5.91 Å². The van der Waals surface area contributed by atoms with Crippen molar-refractivity contribution in [1.82, 2.24) is 19.7 Å². The number of alkyl halides is 1. The van der Waals surface area contributed by atoms with Gasteiger partial charge in [-0.3, -0.25) is 9.69 Å². The van der Waals surface area contributed by atoms with Crippen molar-refractivity contribution in [1.29, 1.82) is 0 Å². The second-order valence-electron chi connectivity index (χ2n) is 5.12. The standard InChI is InChI=1S/C13H14FN5O3/c1-18-11-8(3-2-4-15-11)10(17-18)16-12(20)9-5-7(14)6-19(9)13(21)22/h2-4,7,9H,5-6H2,1H3,(H,21,22)(H,16,17,20)/t7-,9+/m1/s1. The maximum Gasteiger partial charge on any atom is 0.408 e. The molecule has 2 N–H and O–H groups in total. The number of anilines is 1. The van der Waals surface area contributed by atoms with Gasteiger partial charge in [-0.05, 0) is 12.1 Å². The summed E-state index contributed by atoms with van der Waals surface area (Å²) in [6.45, 7) is -0.294. The number of likely N-dealkylation sites (tertiary alicyclic amines) is 1. The van der Waals surface area contributed by atoms with Crippen LogP contribution in [-0.4, -0.2) is 55.5 Å². The van der Waals surface area contributed by atoms with E-state index in [4.69, 9.17) is 5.11 Å². The summed E-state index contributed by atoms with van der Waals surface area (Å²) in [6.07, 6.45) is -1.20. The number of rotatable bonds is 2. The molecule has 2 amide bonds. The molecule has 8 nitrogen and oxygen atoms in total. The maximum absolute atomic E-state index is 13.4. The predicted molar refractivity (Wildman–Crippen MR) is 75.2 cm³/mol. The number of pyridine rings is 1. The highest BCUT2D eigenvalue weighted by Gasteiger charge is 2.40. The summed E-state index contributed by atoms with van der Waals surface area (Å²) in [4.78, 5) is 28.3. The first-order valence-corrected chi connectivity index (χ1v) is 6.69. The molecule has 0 saturated carbocycles. The Balaban J connectivity index is 1.85. The molecule has 9 heteroatoms. The quantitative estimate of drug-likeness (QED) is 0.862. The molecule has 22 heavy (non-hydrogen) atoms. The number of carbonyl (C=O) groups excluding carboxylic acids is 1. The van der Waals surface area contributed by atoms with Crippen LogP contribution >= 0.6 is 0 Å². The molecule has 1 aliphatic rings. The third kappa shape index (κ3) is 2.34. The highest BCUT2D eigenvalue weighted by atomic mass is 19.1. The van der Waals surface area contributed by atoms with Crippen molar-refractivity contribution in [3.63, 3.8) is 0 Å². The average Bonchev–Trinajstić information content (AvgIpc) is 3.01. The van der Waals surface area contributed by atoms with Gasteiger partial charge >= 0.3 is 6.09 Å². The molecule has 0 bridgehead atoms. The Bertz CT molecular complexity index is 746. The summed E-state index contributed by atoms with van der Waals surface area (Å²) in [5, 5.41) is 16.4. The normalized spacial score (nSPS) is 21.3. The zero-order valence-corrected chi connectivity index (χ0v) is 11.7. The molecule has 2 aromatic rings. The molecule has 2 aromatic heterocycles. The first-order valence-electron chi connectivity index (χ1n) is 6.69. The zero-order chi connectivity index (χ0) is 15.9. The second-order valence-corrected chi connectivity index (χ2v) is 5.12. The van der Waals surface area contributed by atoms with Crippen molar-refractivity contribution < 1.29 is 19.1 Å². The number of amides is 2. The summed E-state index contributed by atoms with van der Waals surface area (Å²) in [5.41, 5.74) is 0.586. The van der Waals surface area contributed by atoms with Crippen molar-refractivity contribution in [3.05, 3.63) is 18.3 Å². The van der Waals surface area contributed by atoms with Crippen LogP contribution < -0.4 is 5.32 Å². The molecule has 0 radical (unpaired) electrons. The maximum atomic E-state index is 13.4. The fraction of sp³-hybridized carbons (Fsp3) is 0.385. The Labute approximate surface area is 124 Å². The minimum Gasteiger partial charge on any atom is -0.465 e. The number of aromatic nitrogens is 3. The molecule has 3 rings (SSSR count). The molecule has 0 spiro atoms. The topological polar surface area (TPSA) is 100 Å². The van der Waals surface area contributed by atoms with E-state index < -0.39 is 24.2 Å². The Morgan fingerprint density at radius 2 is 2.27 bits per heavy atom. The smallest absolute Gasteiger partial charge is 0.408 e. The van der Waals surface area contributed by atoms with Crippen LogP contribution in [0.5, 0.6) is 0 Å². The predicted octanol–water partition coefficient (Wildman–Crippen LogP) is 0.997. The molecular weight excluding hydrogens is 293 g/mol. The van der Waals surface area contributed by atoms with Crippen LogP contribution in [0.25, 0.3) is 11.0 Å². The van der Waals surface area contributed by atoms with Gasteiger partial charge in [-0.2, -0.15) is 5.10 Å². The first kappa shape index (κ1) is 14.2. The van der Waals surface area contributed by atoms with Crippen LogP contribution in [0.3, 0.4) is 0 Å². The summed E-state index contributed by atoms with van der Waals surface area (Å²) in [5.74, 6) is -0.311. The molecular formula is C13H14FN5O3. The van der Waals surface area contributed by atoms with E-state index in [1.807, 2.05) is 0 Å². The highest BCUT2D eigenvalue weighted by Crippen LogP contribution is 2.24. The van der Waals surface area contributed by atoms with Gasteiger partial charge in [-0.15, -0.1) is 0 Å². The molecule has 1 saturated heterocycles. The lowest BCUT2D eigenvalue weighted by atomic mass is 10.2. The first-order chi connectivity index (χ1) is 10.5. The van der Waals surface area contributed by atoms with Crippen LogP contribution in [0, 0.1) is 0 Å². The van der Waals surface area contributed by atoms with E-state index in [0.717, 1.165) is 4.90 Å². The number of carbonyl (C=O) groups is 2. The van der Waals surface area contributed by atoms with Gasteiger partial charge in [0.15, 0.2) is 11.5 Å². The molecule has 0 aromatic carbocycles. The number of hydrogen-bond acceptors (Lipinski definition) is 4. The van der Waals surface area contributed by atoms with Crippen molar-refractivity contribution >= 4 is 28.9 Å². The van der Waals surface area contributed by atoms with Gasteiger partial charge in [0.1, 0.15) is 12.2 Å². The summed E-state index contributed by atoms with van der Waals surface area (Å²) >= 11 is 0. The number of hydrogen-bond donors (Lipinski definition) is 2. The molecule has 116 valence electrons. The number of halogens is 1. The van der Waals surface area contributed by atoms with E-state index in [-0.39, 0.29) is 18.8 Å². The highest BCUT2D eigenvalue weighted by molar-refractivity contribution is 6.02. The lowest BCUT2D eigenvalue weighted by Gasteiger charge is -2.19. The summed E-state index contributed by atoms with van der Waals surface area (Å²) in [7, 11) is 1.68. The molecule has 0 aliphatic carbocycles. The van der Waals surface area contributed by atoms with E-state index >= 15 is 0 Å². The Kier molecular flexibility index (Phi) is 3.39. The Hall–Kier alpha value is -2.71. The van der Waals surface area contributed by atoms with E-state index in [0.29, 0.717) is 11.0 Å². The minimum atomic E-state index is -1.34. The monoisotopic (exact) mass is 307 g/mol. The van der Waals surface area contributed by atoms with Crippen LogP contribution in [0.15, 0.2) is 18.3 Å². The van der Waals surface area contributed by atoms with Gasteiger partial charge in [0.05, 0.1) is 11.9 Å². The molecule has 1 aliphatic heterocycles. The van der Waals surface area contributed by atoms with Crippen LogP contribution in [0.4, 0.5) is 15.0 Å². The second kappa shape index (κ2) is 5.24. The molecule has 3 heterocycles. The lowest BCUT2D eigenvalue weighted by molar-refractivity contribution is -0.119.